The average molecular weight is 226 g/mol. The molecule has 96 valence electrons. The van der Waals surface area contributed by atoms with Crippen LogP contribution in [0.25, 0.3) is 0 Å². The molecular formula is C14H30N2. The van der Waals surface area contributed by atoms with Crippen molar-refractivity contribution in [3.63, 3.8) is 0 Å². The van der Waals surface area contributed by atoms with Crippen LogP contribution >= 0.6 is 0 Å². The van der Waals surface area contributed by atoms with Gasteiger partial charge in [0.1, 0.15) is 0 Å². The van der Waals surface area contributed by atoms with Crippen molar-refractivity contribution in [2.45, 2.75) is 53.0 Å². The molecule has 1 rings (SSSR count). The summed E-state index contributed by atoms with van der Waals surface area (Å²) in [7, 11) is 0. The second kappa shape index (κ2) is 7.29. The van der Waals surface area contributed by atoms with Crippen LogP contribution in [0.4, 0.5) is 0 Å². The van der Waals surface area contributed by atoms with Crippen LogP contribution in [0, 0.1) is 11.8 Å². The fourth-order valence-electron chi connectivity index (χ4n) is 2.67. The maximum atomic E-state index is 3.47. The number of unbranched alkanes of at least 4 members (excludes halogenated alkanes) is 1. The smallest absolute Gasteiger partial charge is 0.00386 e. The van der Waals surface area contributed by atoms with Crippen LogP contribution in [-0.4, -0.2) is 37.1 Å². The van der Waals surface area contributed by atoms with Gasteiger partial charge in [0, 0.05) is 19.1 Å². The van der Waals surface area contributed by atoms with E-state index in [9.17, 15) is 0 Å². The fraction of sp³-hybridized carbons (Fsp3) is 1.00. The topological polar surface area (TPSA) is 15.3 Å². The summed E-state index contributed by atoms with van der Waals surface area (Å²) in [5.41, 5.74) is 0. The molecular weight excluding hydrogens is 196 g/mol. The lowest BCUT2D eigenvalue weighted by atomic mass is 10.0. The normalized spacial score (nSPS) is 28.5. The minimum Gasteiger partial charge on any atom is -0.315 e. The molecule has 1 aliphatic rings. The van der Waals surface area contributed by atoms with Gasteiger partial charge in [0.15, 0.2) is 0 Å². The fourth-order valence-corrected chi connectivity index (χ4v) is 2.67. The summed E-state index contributed by atoms with van der Waals surface area (Å²) in [6, 6.07) is 0.696. The van der Waals surface area contributed by atoms with Crippen LogP contribution in [0.15, 0.2) is 0 Å². The van der Waals surface area contributed by atoms with Gasteiger partial charge in [-0.25, -0.2) is 0 Å². The van der Waals surface area contributed by atoms with E-state index in [1.165, 1.54) is 38.9 Å². The number of nitrogens with zero attached hydrogens (tertiary/aromatic N) is 1. The van der Waals surface area contributed by atoms with E-state index in [1.807, 2.05) is 0 Å². The molecule has 3 atom stereocenters. The van der Waals surface area contributed by atoms with E-state index in [0.29, 0.717) is 6.04 Å². The molecule has 2 nitrogen and oxygen atoms in total. The largest absolute Gasteiger partial charge is 0.315 e. The van der Waals surface area contributed by atoms with Crippen LogP contribution in [0.1, 0.15) is 47.0 Å². The second-order valence-electron chi connectivity index (χ2n) is 5.67. The molecule has 0 aromatic heterocycles. The average Bonchev–Trinajstić information content (AvgIpc) is 2.54. The van der Waals surface area contributed by atoms with Gasteiger partial charge in [0.05, 0.1) is 0 Å². The molecule has 0 amide bonds. The highest BCUT2D eigenvalue weighted by atomic mass is 15.1. The van der Waals surface area contributed by atoms with Gasteiger partial charge in [-0.05, 0) is 44.7 Å². The van der Waals surface area contributed by atoms with Gasteiger partial charge >= 0.3 is 0 Å². The zero-order valence-corrected chi connectivity index (χ0v) is 11.6. The molecule has 1 fully saturated rings. The minimum atomic E-state index is 0.696. The zero-order valence-electron chi connectivity index (χ0n) is 11.6. The van der Waals surface area contributed by atoms with Crippen LogP contribution in [0.5, 0.6) is 0 Å². The quantitative estimate of drug-likeness (QED) is 0.672. The molecule has 0 radical (unpaired) electrons. The maximum Gasteiger partial charge on any atom is 0.00386 e. The van der Waals surface area contributed by atoms with Crippen molar-refractivity contribution < 1.29 is 0 Å². The Morgan fingerprint density at radius 2 is 1.81 bits per heavy atom. The maximum absolute atomic E-state index is 3.47. The number of hydrogen-bond donors (Lipinski definition) is 1. The van der Waals surface area contributed by atoms with Crippen LogP contribution in [-0.2, 0) is 0 Å². The van der Waals surface area contributed by atoms with E-state index < -0.39 is 0 Å². The van der Waals surface area contributed by atoms with E-state index in [1.54, 1.807) is 0 Å². The Balaban J connectivity index is 1.99. The van der Waals surface area contributed by atoms with Crippen molar-refractivity contribution in [2.75, 3.05) is 26.2 Å². The lowest BCUT2D eigenvalue weighted by molar-refractivity contribution is 0.311. The molecule has 0 aromatic rings. The highest BCUT2D eigenvalue weighted by molar-refractivity contribution is 4.78. The summed E-state index contributed by atoms with van der Waals surface area (Å²) in [5, 5.41) is 3.47. The van der Waals surface area contributed by atoms with Crippen molar-refractivity contribution in [1.82, 2.24) is 10.2 Å². The van der Waals surface area contributed by atoms with Crippen molar-refractivity contribution in [2.24, 2.45) is 11.8 Å². The predicted molar refractivity (Wildman–Crippen MR) is 71.8 cm³/mol. The molecule has 1 aliphatic heterocycles. The highest BCUT2D eigenvalue weighted by Gasteiger charge is 2.24. The first-order valence-electron chi connectivity index (χ1n) is 7.09. The lowest BCUT2D eigenvalue weighted by Gasteiger charge is -2.16. The van der Waals surface area contributed by atoms with Crippen molar-refractivity contribution in [3.8, 4) is 0 Å². The minimum absolute atomic E-state index is 0.696. The molecule has 16 heavy (non-hydrogen) atoms. The van der Waals surface area contributed by atoms with Gasteiger partial charge in [-0.2, -0.15) is 0 Å². The van der Waals surface area contributed by atoms with Gasteiger partial charge in [-0.3, -0.25) is 0 Å². The van der Waals surface area contributed by atoms with Crippen LogP contribution in [0.2, 0.25) is 0 Å². The third kappa shape index (κ3) is 4.84. The Labute approximate surface area is 102 Å². The Kier molecular flexibility index (Phi) is 6.37. The first-order chi connectivity index (χ1) is 7.63. The van der Waals surface area contributed by atoms with Crippen LogP contribution in [0.3, 0.4) is 0 Å². The molecule has 0 saturated carbocycles. The number of hydrogen-bond acceptors (Lipinski definition) is 2. The molecule has 0 spiro atoms. The summed E-state index contributed by atoms with van der Waals surface area (Å²) < 4.78 is 0. The van der Waals surface area contributed by atoms with Crippen molar-refractivity contribution in [1.29, 1.82) is 0 Å². The highest BCUT2D eigenvalue weighted by Crippen LogP contribution is 2.22. The molecule has 0 bridgehead atoms. The van der Waals surface area contributed by atoms with Gasteiger partial charge in [0.25, 0.3) is 0 Å². The molecule has 3 unspecified atom stereocenters. The summed E-state index contributed by atoms with van der Waals surface area (Å²) in [6.45, 7) is 14.3. The Hall–Kier alpha value is -0.0800. The Bertz CT molecular complexity index is 172. The molecule has 2 heteroatoms. The monoisotopic (exact) mass is 226 g/mol. The molecule has 1 saturated heterocycles. The standard InChI is InChI=1S/C14H30N2/c1-5-15-14(4)8-6-7-9-16-10-12(2)13(3)11-16/h12-15H,5-11H2,1-4H3. The van der Waals surface area contributed by atoms with E-state index in [2.05, 4.69) is 37.9 Å². The molecule has 0 aliphatic carbocycles. The third-order valence-corrected chi connectivity index (χ3v) is 3.98. The summed E-state index contributed by atoms with van der Waals surface area (Å²) in [4.78, 5) is 2.65. The third-order valence-electron chi connectivity index (χ3n) is 3.98. The molecule has 1 heterocycles. The predicted octanol–water partition coefficient (Wildman–Crippen LogP) is 2.74. The van der Waals surface area contributed by atoms with Crippen molar-refractivity contribution in [3.05, 3.63) is 0 Å². The second-order valence-corrected chi connectivity index (χ2v) is 5.67. The number of nitrogens with one attached hydrogen (secondary N) is 1. The van der Waals surface area contributed by atoms with E-state index in [4.69, 9.17) is 0 Å². The van der Waals surface area contributed by atoms with E-state index in [-0.39, 0.29) is 0 Å². The zero-order chi connectivity index (χ0) is 12.0. The van der Waals surface area contributed by atoms with Gasteiger partial charge in [-0.1, -0.05) is 27.2 Å². The number of rotatable bonds is 7. The number of likely N-dealkylation sites (tertiary alicyclic amines) is 1. The molecule has 0 aromatic carbocycles. The van der Waals surface area contributed by atoms with E-state index >= 15 is 0 Å². The first kappa shape index (κ1) is 14.0. The summed E-state index contributed by atoms with van der Waals surface area (Å²) in [6.07, 6.45) is 4.06. The van der Waals surface area contributed by atoms with Crippen molar-refractivity contribution >= 4 is 0 Å². The summed E-state index contributed by atoms with van der Waals surface area (Å²) in [5.74, 6) is 1.81. The summed E-state index contributed by atoms with van der Waals surface area (Å²) >= 11 is 0. The van der Waals surface area contributed by atoms with Crippen LogP contribution < -0.4 is 5.32 Å². The van der Waals surface area contributed by atoms with E-state index in [0.717, 1.165) is 18.4 Å². The van der Waals surface area contributed by atoms with Gasteiger partial charge in [0.2, 0.25) is 0 Å². The SMILES string of the molecule is CCNC(C)CCCCN1CC(C)C(C)C1. The van der Waals surface area contributed by atoms with Gasteiger partial charge in [-0.15, -0.1) is 0 Å². The van der Waals surface area contributed by atoms with Gasteiger partial charge < -0.3 is 10.2 Å². The Morgan fingerprint density at radius 3 is 2.38 bits per heavy atom. The lowest BCUT2D eigenvalue weighted by Crippen LogP contribution is -2.26. The first-order valence-corrected chi connectivity index (χ1v) is 7.09. The molecule has 1 N–H and O–H groups in total. The Morgan fingerprint density at radius 1 is 1.19 bits per heavy atom.